The van der Waals surface area contributed by atoms with Crippen molar-refractivity contribution in [1.82, 2.24) is 5.32 Å². The van der Waals surface area contributed by atoms with E-state index in [9.17, 15) is 9.90 Å². The third-order valence-electron chi connectivity index (χ3n) is 1.48. The molecule has 1 aromatic rings. The van der Waals surface area contributed by atoms with Crippen LogP contribution in [0.15, 0.2) is 18.2 Å². The van der Waals surface area contributed by atoms with Crippen molar-refractivity contribution in [2.24, 2.45) is 0 Å². The van der Waals surface area contributed by atoms with Crippen LogP contribution in [0.2, 0.25) is 10.0 Å². The van der Waals surface area contributed by atoms with Gasteiger partial charge < -0.3 is 10.4 Å². The first-order chi connectivity index (χ1) is 9.29. The number of carbonyl (C=O) groups excluding carboxylic acids is 1. The molecule has 0 radical (unpaired) electrons. The molecule has 1 aromatic carbocycles. The summed E-state index contributed by atoms with van der Waals surface area (Å²) in [4.78, 5) is 11.3. The minimum absolute atomic E-state index is 0.201. The van der Waals surface area contributed by atoms with Crippen LogP contribution >= 0.6 is 23.2 Å². The second kappa shape index (κ2) is 5.35. The van der Waals surface area contributed by atoms with Gasteiger partial charge in [0.15, 0.2) is 0 Å². The fourth-order valence-electron chi connectivity index (χ4n) is 0.865. The fourth-order valence-corrected chi connectivity index (χ4v) is 1.36. The number of carbonyl (C=O) groups is 1. The van der Waals surface area contributed by atoms with E-state index in [0.717, 1.165) is 6.07 Å². The predicted octanol–water partition coefficient (Wildman–Crippen LogP) is 2.16. The standard InChI is InChI=1S/C10H11Cl2NO2/c1-6(14)13-5-10(15)8-3-2-7(11)4-9(8)12/h2-4,10,15H,5H2,1H3,(H,13,14)/i1D3,5D2,10D. The Morgan fingerprint density at radius 2 is 2.53 bits per heavy atom. The molecule has 2 N–H and O–H groups in total. The zero-order chi connectivity index (χ0) is 16.6. The van der Waals surface area contributed by atoms with Crippen LogP contribution < -0.4 is 5.32 Å². The first kappa shape index (κ1) is 6.09. The summed E-state index contributed by atoms with van der Waals surface area (Å²) < 4.78 is 43.5. The first-order valence-corrected chi connectivity index (χ1v) is 4.55. The quantitative estimate of drug-likeness (QED) is 0.868. The zero-order valence-corrected chi connectivity index (χ0v) is 8.86. The van der Waals surface area contributed by atoms with Gasteiger partial charge in [0.25, 0.3) is 0 Å². The lowest BCUT2D eigenvalue weighted by Crippen LogP contribution is -2.25. The van der Waals surface area contributed by atoms with Crippen molar-refractivity contribution in [2.45, 2.75) is 12.9 Å². The summed E-state index contributed by atoms with van der Waals surface area (Å²) in [6, 6.07) is 3.56. The van der Waals surface area contributed by atoms with Gasteiger partial charge in [0, 0.05) is 33.1 Å². The van der Waals surface area contributed by atoms with E-state index < -0.39 is 25.3 Å². The van der Waals surface area contributed by atoms with Crippen molar-refractivity contribution in [3.63, 3.8) is 0 Å². The number of hydrogen-bond acceptors (Lipinski definition) is 2. The molecular weight excluding hydrogens is 237 g/mol. The first-order valence-electron chi connectivity index (χ1n) is 6.79. The highest BCUT2D eigenvalue weighted by molar-refractivity contribution is 6.35. The van der Waals surface area contributed by atoms with E-state index in [0.29, 0.717) is 0 Å². The summed E-state index contributed by atoms with van der Waals surface area (Å²) in [5, 5.41) is 11.5. The summed E-state index contributed by atoms with van der Waals surface area (Å²) >= 11 is 11.5. The van der Waals surface area contributed by atoms with Crippen molar-refractivity contribution in [1.29, 1.82) is 0 Å². The Labute approximate surface area is 106 Å². The molecule has 0 saturated carbocycles. The normalized spacial score (nSPS) is 22.1. The topological polar surface area (TPSA) is 49.3 Å². The lowest BCUT2D eigenvalue weighted by Gasteiger charge is -2.12. The van der Waals surface area contributed by atoms with Crippen LogP contribution in [-0.4, -0.2) is 17.5 Å². The third-order valence-corrected chi connectivity index (χ3v) is 2.03. The van der Waals surface area contributed by atoms with Gasteiger partial charge >= 0.3 is 0 Å². The molecule has 0 aliphatic carbocycles. The Balaban J connectivity index is 3.18. The van der Waals surface area contributed by atoms with Gasteiger partial charge in [-0.2, -0.15) is 0 Å². The highest BCUT2D eigenvalue weighted by Crippen LogP contribution is 2.25. The summed E-state index contributed by atoms with van der Waals surface area (Å²) in [6.07, 6.45) is -3.02. The number of nitrogens with one attached hydrogen (secondary N) is 1. The molecule has 0 aromatic heterocycles. The lowest BCUT2D eigenvalue weighted by atomic mass is 10.1. The maximum atomic E-state index is 11.3. The molecule has 0 spiro atoms. The van der Waals surface area contributed by atoms with Gasteiger partial charge in [-0.3, -0.25) is 4.79 Å². The summed E-state index contributed by atoms with van der Waals surface area (Å²) in [6.45, 7) is -6.22. The van der Waals surface area contributed by atoms with Gasteiger partial charge in [-0.1, -0.05) is 29.3 Å². The van der Waals surface area contributed by atoms with Gasteiger partial charge in [0.05, 0.1) is 10.2 Å². The Morgan fingerprint density at radius 1 is 1.80 bits per heavy atom. The molecule has 3 nitrogen and oxygen atoms in total. The molecule has 0 aliphatic rings. The van der Waals surface area contributed by atoms with Crippen molar-refractivity contribution in [3.05, 3.63) is 33.8 Å². The molecule has 5 heteroatoms. The van der Waals surface area contributed by atoms with Gasteiger partial charge in [-0.05, 0) is 12.1 Å². The average Bonchev–Trinajstić information content (AvgIpc) is 2.25. The third kappa shape index (κ3) is 3.70. The maximum absolute atomic E-state index is 11.3. The van der Waals surface area contributed by atoms with Gasteiger partial charge in [-0.15, -0.1) is 0 Å². The number of benzene rings is 1. The number of aliphatic hydroxyl groups is 1. The van der Waals surface area contributed by atoms with E-state index >= 15 is 0 Å². The molecule has 1 amide bonds. The molecule has 0 saturated heterocycles. The summed E-state index contributed by atoms with van der Waals surface area (Å²) in [5.41, 5.74) is -0.371. The smallest absolute Gasteiger partial charge is 0.216 e. The van der Waals surface area contributed by atoms with Crippen LogP contribution in [0.3, 0.4) is 0 Å². The Morgan fingerprint density at radius 3 is 3.13 bits per heavy atom. The largest absolute Gasteiger partial charge is 0.387 e. The average molecular weight is 254 g/mol. The molecule has 0 heterocycles. The molecule has 1 atom stereocenters. The van der Waals surface area contributed by atoms with Crippen LogP contribution in [0.1, 0.15) is 26.7 Å². The van der Waals surface area contributed by atoms with E-state index in [1.165, 1.54) is 17.4 Å². The SMILES string of the molecule is [2H]C([2H])([2H])C(=O)NC([2H])([2H])C([2H])(O)c1ccc(Cl)cc1Cl. The Bertz CT molecular complexity index is 561. The number of rotatable bonds is 3. The molecule has 1 rings (SSSR count). The predicted molar refractivity (Wildman–Crippen MR) is 60.1 cm³/mol. The molecule has 0 bridgehead atoms. The second-order valence-corrected chi connectivity index (χ2v) is 3.40. The number of halogens is 2. The summed E-state index contributed by atoms with van der Waals surface area (Å²) in [7, 11) is 0. The van der Waals surface area contributed by atoms with Gasteiger partial charge in [0.2, 0.25) is 5.91 Å². The van der Waals surface area contributed by atoms with Crippen molar-refractivity contribution < 1.29 is 18.1 Å². The highest BCUT2D eigenvalue weighted by Gasteiger charge is 2.11. The van der Waals surface area contributed by atoms with Crippen molar-refractivity contribution in [3.8, 4) is 0 Å². The maximum Gasteiger partial charge on any atom is 0.216 e. The van der Waals surface area contributed by atoms with Crippen LogP contribution in [0.25, 0.3) is 0 Å². The van der Waals surface area contributed by atoms with Crippen molar-refractivity contribution >= 4 is 29.1 Å². The molecule has 1 unspecified atom stereocenters. The fraction of sp³-hybridized carbons (Fsp3) is 0.300. The van der Waals surface area contributed by atoms with E-state index in [2.05, 4.69) is 0 Å². The molecule has 15 heavy (non-hydrogen) atoms. The molecule has 82 valence electrons. The van der Waals surface area contributed by atoms with E-state index in [1.807, 2.05) is 0 Å². The molecular formula is C10H11Cl2NO2. The number of hydrogen-bond donors (Lipinski definition) is 2. The van der Waals surface area contributed by atoms with Crippen LogP contribution in [0.5, 0.6) is 0 Å². The zero-order valence-electron chi connectivity index (χ0n) is 13.3. The molecule has 0 fully saturated rings. The van der Waals surface area contributed by atoms with E-state index in [4.69, 9.17) is 31.4 Å². The lowest BCUT2D eigenvalue weighted by molar-refractivity contribution is -0.119. The monoisotopic (exact) mass is 253 g/mol. The highest BCUT2D eigenvalue weighted by atomic mass is 35.5. The van der Waals surface area contributed by atoms with Crippen LogP contribution in [-0.2, 0) is 4.79 Å². The Kier molecular flexibility index (Phi) is 2.17. The summed E-state index contributed by atoms with van der Waals surface area (Å²) in [5.74, 6) is -1.64. The minimum atomic E-state index is -3.12. The van der Waals surface area contributed by atoms with E-state index in [-0.39, 0.29) is 15.6 Å². The van der Waals surface area contributed by atoms with Crippen molar-refractivity contribution in [2.75, 3.05) is 6.50 Å². The van der Waals surface area contributed by atoms with Gasteiger partial charge in [0.1, 0.15) is 0 Å². The second-order valence-electron chi connectivity index (χ2n) is 2.55. The van der Waals surface area contributed by atoms with E-state index in [1.54, 1.807) is 0 Å². The van der Waals surface area contributed by atoms with Gasteiger partial charge in [-0.25, -0.2) is 0 Å². The number of amides is 1. The molecule has 0 aliphatic heterocycles. The minimum Gasteiger partial charge on any atom is -0.387 e. The Hall–Kier alpha value is -0.770. The van der Waals surface area contributed by atoms with Crippen LogP contribution in [0, 0.1) is 0 Å². The van der Waals surface area contributed by atoms with Crippen LogP contribution in [0.4, 0.5) is 0 Å².